The zero-order valence-electron chi connectivity index (χ0n) is 18.4. The third-order valence-corrected chi connectivity index (χ3v) is 11.2. The number of hydrogen-bond donors (Lipinski definition) is 0. The van der Waals surface area contributed by atoms with Crippen LogP contribution < -0.4 is 3.78 Å². The first-order valence-electron chi connectivity index (χ1n) is 11.4. The van der Waals surface area contributed by atoms with Gasteiger partial charge in [0.15, 0.2) is 0 Å². The molecule has 0 aliphatic carbocycles. The topological polar surface area (TPSA) is 19.6 Å². The van der Waals surface area contributed by atoms with Crippen molar-refractivity contribution < 1.29 is 4.42 Å². The fourth-order valence-corrected chi connectivity index (χ4v) is 9.20. The number of piperazine rings is 1. The summed E-state index contributed by atoms with van der Waals surface area (Å²) >= 11 is -0.724. The molecule has 0 aromatic carbocycles. The van der Waals surface area contributed by atoms with Gasteiger partial charge in [-0.3, -0.25) is 0 Å². The summed E-state index contributed by atoms with van der Waals surface area (Å²) in [4.78, 5) is 4.97. The van der Waals surface area contributed by atoms with Crippen molar-refractivity contribution in [3.8, 4) is 0 Å². The second-order valence-electron chi connectivity index (χ2n) is 8.56. The Morgan fingerprint density at radius 1 is 0.889 bits per heavy atom. The normalized spacial score (nSPS) is 16.9. The van der Waals surface area contributed by atoms with Crippen molar-refractivity contribution in [2.45, 2.75) is 88.5 Å². The van der Waals surface area contributed by atoms with E-state index in [4.69, 9.17) is 4.42 Å². The number of furan rings is 1. The third kappa shape index (κ3) is 8.10. The average Bonchev–Trinajstić information content (AvgIpc) is 3.11. The Bertz CT molecular complexity index is 486. The van der Waals surface area contributed by atoms with Gasteiger partial charge in [0.1, 0.15) is 0 Å². The Balaban J connectivity index is 2.00. The van der Waals surface area contributed by atoms with Crippen LogP contribution in [0.5, 0.6) is 0 Å². The van der Waals surface area contributed by atoms with Crippen molar-refractivity contribution in [1.82, 2.24) is 9.80 Å². The molecule has 0 bridgehead atoms. The Hall–Kier alpha value is -0.00130. The van der Waals surface area contributed by atoms with Gasteiger partial charge in [-0.1, -0.05) is 0 Å². The molecule has 0 N–H and O–H groups in total. The van der Waals surface area contributed by atoms with Crippen LogP contribution in [0.25, 0.3) is 0 Å². The van der Waals surface area contributed by atoms with Crippen LogP contribution in [0.15, 0.2) is 16.5 Å². The number of rotatable bonds is 13. The summed E-state index contributed by atoms with van der Waals surface area (Å²) in [6.45, 7) is 12.7. The van der Waals surface area contributed by atoms with Crippen molar-refractivity contribution in [3.05, 3.63) is 17.9 Å². The van der Waals surface area contributed by atoms with E-state index in [1.54, 1.807) is 0 Å². The number of unbranched alkanes of at least 4 members (excludes halogenated alkanes) is 3. The predicted molar refractivity (Wildman–Crippen MR) is 118 cm³/mol. The van der Waals surface area contributed by atoms with Gasteiger partial charge in [-0.15, -0.1) is 0 Å². The van der Waals surface area contributed by atoms with E-state index in [9.17, 15) is 0 Å². The van der Waals surface area contributed by atoms with Crippen molar-refractivity contribution in [3.63, 3.8) is 0 Å². The third-order valence-electron chi connectivity index (χ3n) is 6.05. The van der Waals surface area contributed by atoms with Gasteiger partial charge in [-0.25, -0.2) is 0 Å². The molecule has 0 unspecified atom stereocenters. The summed E-state index contributed by atoms with van der Waals surface area (Å²) in [5.74, 6) is 1.20. The fourth-order valence-electron chi connectivity index (χ4n) is 4.13. The molecule has 1 aromatic heterocycles. The minimum absolute atomic E-state index is 0.619. The van der Waals surface area contributed by atoms with Crippen molar-refractivity contribution >= 4 is 24.9 Å². The van der Waals surface area contributed by atoms with Crippen LogP contribution in [0.1, 0.15) is 84.3 Å². The van der Waals surface area contributed by atoms with Gasteiger partial charge in [0.2, 0.25) is 0 Å². The molecule has 2 radical (unpaired) electrons. The van der Waals surface area contributed by atoms with Crippen LogP contribution in [0, 0.1) is 0 Å². The van der Waals surface area contributed by atoms with Crippen molar-refractivity contribution in [2.75, 3.05) is 33.2 Å². The molecule has 1 aromatic rings. The second-order valence-corrected chi connectivity index (χ2v) is 13.7. The number of nitrogens with zero attached hydrogens (tertiary/aromatic N) is 2. The van der Waals surface area contributed by atoms with Crippen molar-refractivity contribution in [1.29, 1.82) is 0 Å². The zero-order chi connectivity index (χ0) is 19.5. The molecule has 4 heteroatoms. The summed E-state index contributed by atoms with van der Waals surface area (Å²) in [5, 5.41) is 0. The molecule has 1 saturated heterocycles. The van der Waals surface area contributed by atoms with E-state index in [0.717, 1.165) is 6.54 Å². The van der Waals surface area contributed by atoms with Gasteiger partial charge >= 0.3 is 179 Å². The second kappa shape index (κ2) is 12.5. The molecule has 27 heavy (non-hydrogen) atoms. The standard InChI is InChI=1S/C13H27.C10H15N2O.Sn/c1-4-7-10-13(11-8-5-2)12-9-6-3;1-11-4-6-12(7-5-11)9-10-3-2-8-13-10;/h4-12H2,1-3H3;2-3H,4-7,9H2,1H3;. The van der Waals surface area contributed by atoms with Crippen LogP contribution in [0.2, 0.25) is 3.43 Å². The molecule has 1 aliphatic heterocycles. The van der Waals surface area contributed by atoms with Gasteiger partial charge in [0, 0.05) is 0 Å². The molecule has 0 atom stereocenters. The first kappa shape index (κ1) is 23.3. The zero-order valence-corrected chi connectivity index (χ0v) is 21.2. The van der Waals surface area contributed by atoms with Crippen molar-refractivity contribution in [2.24, 2.45) is 0 Å². The number of hydrogen-bond acceptors (Lipinski definition) is 3. The maximum atomic E-state index is 6.43. The van der Waals surface area contributed by atoms with Gasteiger partial charge in [-0.05, 0) is 0 Å². The SMILES string of the molecule is CCCC[C](CCCC)(CCCC)[Sn][c]1ccc(CN2CCN(C)CC2)o1. The molecule has 1 fully saturated rings. The van der Waals surface area contributed by atoms with E-state index in [1.807, 2.05) is 0 Å². The van der Waals surface area contributed by atoms with E-state index in [0.29, 0.717) is 3.43 Å². The molecule has 2 heterocycles. The molecule has 0 spiro atoms. The Morgan fingerprint density at radius 3 is 1.96 bits per heavy atom. The molecular formula is C23H42N2OSn. The van der Waals surface area contributed by atoms with Gasteiger partial charge in [-0.2, -0.15) is 0 Å². The van der Waals surface area contributed by atoms with Crippen LogP contribution in [0.3, 0.4) is 0 Å². The quantitative estimate of drug-likeness (QED) is 0.367. The molecule has 154 valence electrons. The Kier molecular flexibility index (Phi) is 10.8. The average molecular weight is 481 g/mol. The Labute approximate surface area is 178 Å². The fraction of sp³-hybridized carbons (Fsp3) is 0.826. The summed E-state index contributed by atoms with van der Waals surface area (Å²) in [5.41, 5.74) is 0. The summed E-state index contributed by atoms with van der Waals surface area (Å²) in [7, 11) is 2.22. The van der Waals surface area contributed by atoms with Crippen LogP contribution >= 0.6 is 0 Å². The predicted octanol–water partition coefficient (Wildman–Crippen LogP) is 5.09. The summed E-state index contributed by atoms with van der Waals surface area (Å²) in [6.07, 6.45) is 12.5. The van der Waals surface area contributed by atoms with E-state index >= 15 is 0 Å². The van der Waals surface area contributed by atoms with Gasteiger partial charge in [0.25, 0.3) is 0 Å². The van der Waals surface area contributed by atoms with Gasteiger partial charge in [0.05, 0.1) is 0 Å². The minimum atomic E-state index is -0.724. The van der Waals surface area contributed by atoms with Crippen LogP contribution in [-0.2, 0) is 6.54 Å². The van der Waals surface area contributed by atoms with Crippen LogP contribution in [0.4, 0.5) is 0 Å². The van der Waals surface area contributed by atoms with Crippen LogP contribution in [-0.4, -0.2) is 64.2 Å². The first-order valence-corrected chi connectivity index (χ1v) is 14.2. The number of likely N-dealkylation sites (N-methyl/N-ethyl adjacent to an activating group) is 1. The Morgan fingerprint density at radius 2 is 1.44 bits per heavy atom. The van der Waals surface area contributed by atoms with E-state index in [-0.39, 0.29) is 0 Å². The molecule has 3 nitrogen and oxygen atoms in total. The van der Waals surface area contributed by atoms with E-state index in [2.05, 4.69) is 49.8 Å². The van der Waals surface area contributed by atoms with Gasteiger partial charge < -0.3 is 0 Å². The molecular weight excluding hydrogens is 439 g/mol. The molecule has 2 rings (SSSR count). The summed E-state index contributed by atoms with van der Waals surface area (Å²) < 4.78 is 8.44. The molecule has 0 amide bonds. The molecule has 1 aliphatic rings. The first-order chi connectivity index (χ1) is 13.1. The summed E-state index contributed by atoms with van der Waals surface area (Å²) in [6, 6.07) is 4.62. The monoisotopic (exact) mass is 482 g/mol. The molecule has 0 saturated carbocycles. The van der Waals surface area contributed by atoms with E-state index < -0.39 is 21.1 Å². The van der Waals surface area contributed by atoms with E-state index in [1.165, 1.54) is 93.5 Å². The maximum absolute atomic E-state index is 6.43.